The van der Waals surface area contributed by atoms with Gasteiger partial charge >= 0.3 is 0 Å². The van der Waals surface area contributed by atoms with Crippen molar-refractivity contribution >= 4 is 23.5 Å². The molecular weight excluding hydrogens is 210 g/mol. The van der Waals surface area contributed by atoms with E-state index in [2.05, 4.69) is 0 Å². The minimum atomic E-state index is 0.112. The van der Waals surface area contributed by atoms with E-state index in [1.807, 2.05) is 19.9 Å². The van der Waals surface area contributed by atoms with Gasteiger partial charge in [-0.15, -0.1) is 0 Å². The third-order valence-electron chi connectivity index (χ3n) is 2.53. The Bertz CT molecular complexity index is 384. The van der Waals surface area contributed by atoms with Crippen LogP contribution >= 0.6 is 11.8 Å². The molecule has 1 heterocycles. The first-order valence-electron chi connectivity index (χ1n) is 5.07. The lowest BCUT2D eigenvalue weighted by Gasteiger charge is -2.21. The molecule has 1 atom stereocenters. The lowest BCUT2D eigenvalue weighted by molar-refractivity contribution is -0.129. The highest BCUT2D eigenvalue weighted by molar-refractivity contribution is 8.04. The molecule has 4 heteroatoms. The van der Waals surface area contributed by atoms with Gasteiger partial charge in [-0.25, -0.2) is 0 Å². The van der Waals surface area contributed by atoms with Crippen molar-refractivity contribution in [3.8, 4) is 0 Å². The number of carbonyl (C=O) groups excluding carboxylic acids is 2. The van der Waals surface area contributed by atoms with Crippen molar-refractivity contribution in [1.29, 1.82) is 0 Å². The molecule has 0 aromatic rings. The van der Waals surface area contributed by atoms with Crippen molar-refractivity contribution < 1.29 is 9.59 Å². The lowest BCUT2D eigenvalue weighted by atomic mass is 10.1. The average Bonchev–Trinajstić information content (AvgIpc) is 2.52. The maximum Gasteiger partial charge on any atom is 0.227 e. The standard InChI is InChI=1S/C11H13NO2S/c1-3-11(14)12-7(2)15-10-6-8(13)4-5-9(10)12/h5-7H,3-4H2,1-2H3. The topological polar surface area (TPSA) is 37.4 Å². The summed E-state index contributed by atoms with van der Waals surface area (Å²) in [4.78, 5) is 25.7. The molecule has 0 aromatic heterocycles. The van der Waals surface area contributed by atoms with E-state index in [4.69, 9.17) is 0 Å². The highest BCUT2D eigenvalue weighted by Gasteiger charge is 2.35. The van der Waals surface area contributed by atoms with Gasteiger partial charge in [-0.3, -0.25) is 14.5 Å². The van der Waals surface area contributed by atoms with Crippen LogP contribution in [0.3, 0.4) is 0 Å². The average molecular weight is 223 g/mol. The Labute approximate surface area is 93.2 Å². The van der Waals surface area contributed by atoms with Crippen molar-refractivity contribution in [3.63, 3.8) is 0 Å². The van der Waals surface area contributed by atoms with E-state index >= 15 is 0 Å². The first-order chi connectivity index (χ1) is 7.13. The number of rotatable bonds is 1. The normalized spacial score (nSPS) is 24.8. The van der Waals surface area contributed by atoms with E-state index in [-0.39, 0.29) is 17.1 Å². The molecule has 1 unspecified atom stereocenters. The Hall–Kier alpha value is -1.03. The number of ketones is 1. The van der Waals surface area contributed by atoms with Crippen LogP contribution in [0.4, 0.5) is 0 Å². The second-order valence-corrected chi connectivity index (χ2v) is 4.96. The van der Waals surface area contributed by atoms with Crippen LogP contribution in [0.2, 0.25) is 0 Å². The highest BCUT2D eigenvalue weighted by atomic mass is 32.2. The second-order valence-electron chi connectivity index (χ2n) is 3.60. The number of nitrogens with zero attached hydrogens (tertiary/aromatic N) is 1. The van der Waals surface area contributed by atoms with Gasteiger partial charge in [-0.1, -0.05) is 24.8 Å². The van der Waals surface area contributed by atoms with Crippen LogP contribution in [0.1, 0.15) is 26.7 Å². The van der Waals surface area contributed by atoms with Crippen molar-refractivity contribution in [3.05, 3.63) is 22.8 Å². The first kappa shape index (κ1) is 10.5. The second kappa shape index (κ2) is 3.85. The van der Waals surface area contributed by atoms with Gasteiger partial charge in [-0.2, -0.15) is 0 Å². The fourth-order valence-corrected chi connectivity index (χ4v) is 3.03. The Morgan fingerprint density at radius 1 is 1.67 bits per heavy atom. The van der Waals surface area contributed by atoms with E-state index in [1.165, 1.54) is 0 Å². The fourth-order valence-electron chi connectivity index (χ4n) is 1.83. The summed E-state index contributed by atoms with van der Waals surface area (Å²) >= 11 is 1.58. The van der Waals surface area contributed by atoms with Gasteiger partial charge in [0, 0.05) is 17.7 Å². The zero-order chi connectivity index (χ0) is 11.0. The number of amides is 1. The summed E-state index contributed by atoms with van der Waals surface area (Å²) in [5.41, 5.74) is 0.930. The molecule has 0 spiro atoms. The van der Waals surface area contributed by atoms with E-state index in [0.29, 0.717) is 12.8 Å². The van der Waals surface area contributed by atoms with Gasteiger partial charge in [0.05, 0.1) is 11.1 Å². The molecule has 0 radical (unpaired) electrons. The van der Waals surface area contributed by atoms with Crippen LogP contribution in [-0.2, 0) is 9.59 Å². The summed E-state index contributed by atoms with van der Waals surface area (Å²) in [6.45, 7) is 3.85. The molecule has 0 bridgehead atoms. The summed E-state index contributed by atoms with van der Waals surface area (Å²) in [5.74, 6) is 0.248. The van der Waals surface area contributed by atoms with E-state index < -0.39 is 0 Å². The van der Waals surface area contributed by atoms with Crippen LogP contribution in [-0.4, -0.2) is 22.0 Å². The molecule has 1 aliphatic heterocycles. The molecule has 2 rings (SSSR count). The predicted molar refractivity (Wildman–Crippen MR) is 60.0 cm³/mol. The van der Waals surface area contributed by atoms with Gasteiger partial charge in [0.25, 0.3) is 0 Å². The summed E-state index contributed by atoms with van der Waals surface area (Å²) in [5, 5.41) is 0.112. The summed E-state index contributed by atoms with van der Waals surface area (Å²) in [6.07, 6.45) is 4.43. The first-order valence-corrected chi connectivity index (χ1v) is 5.95. The lowest BCUT2D eigenvalue weighted by Crippen LogP contribution is -2.31. The highest BCUT2D eigenvalue weighted by Crippen LogP contribution is 2.43. The number of allylic oxidation sites excluding steroid dienone is 2. The molecular formula is C11H13NO2S. The Morgan fingerprint density at radius 2 is 2.40 bits per heavy atom. The molecule has 1 fully saturated rings. The molecule has 0 N–H and O–H groups in total. The largest absolute Gasteiger partial charge is 0.299 e. The molecule has 1 aliphatic carbocycles. The smallest absolute Gasteiger partial charge is 0.227 e. The summed E-state index contributed by atoms with van der Waals surface area (Å²) < 4.78 is 0. The molecule has 1 saturated heterocycles. The van der Waals surface area contributed by atoms with Crippen molar-refractivity contribution in [2.24, 2.45) is 0 Å². The van der Waals surface area contributed by atoms with Gasteiger partial charge in [0.1, 0.15) is 0 Å². The van der Waals surface area contributed by atoms with Crippen LogP contribution in [0.25, 0.3) is 0 Å². The number of thioether (sulfide) groups is 1. The maximum atomic E-state index is 11.7. The fraction of sp³-hybridized carbons (Fsp3) is 0.455. The molecule has 2 aliphatic rings. The predicted octanol–water partition coefficient (Wildman–Crippen LogP) is 2.06. The summed E-state index contributed by atoms with van der Waals surface area (Å²) in [6, 6.07) is 0. The van der Waals surface area contributed by atoms with Crippen LogP contribution < -0.4 is 0 Å². The molecule has 3 nitrogen and oxygen atoms in total. The summed E-state index contributed by atoms with van der Waals surface area (Å²) in [7, 11) is 0. The number of fused-ring (bicyclic) bond motifs is 1. The van der Waals surface area contributed by atoms with Crippen molar-refractivity contribution in [2.75, 3.05) is 0 Å². The Balaban J connectivity index is 2.33. The monoisotopic (exact) mass is 223 g/mol. The van der Waals surface area contributed by atoms with Gasteiger partial charge in [-0.05, 0) is 13.0 Å². The van der Waals surface area contributed by atoms with Gasteiger partial charge < -0.3 is 0 Å². The van der Waals surface area contributed by atoms with Gasteiger partial charge in [0.2, 0.25) is 5.91 Å². The maximum absolute atomic E-state index is 11.7. The van der Waals surface area contributed by atoms with Gasteiger partial charge in [0.15, 0.2) is 5.78 Å². The quantitative estimate of drug-likeness (QED) is 0.683. The number of carbonyl (C=O) groups is 2. The van der Waals surface area contributed by atoms with E-state index in [1.54, 1.807) is 22.7 Å². The molecule has 80 valence electrons. The van der Waals surface area contributed by atoms with Crippen LogP contribution in [0.5, 0.6) is 0 Å². The van der Waals surface area contributed by atoms with Crippen LogP contribution in [0.15, 0.2) is 22.8 Å². The minimum absolute atomic E-state index is 0.112. The third-order valence-corrected chi connectivity index (χ3v) is 3.67. The molecule has 1 amide bonds. The zero-order valence-corrected chi connectivity index (χ0v) is 9.63. The molecule has 0 saturated carbocycles. The number of hydrogen-bond donors (Lipinski definition) is 0. The zero-order valence-electron chi connectivity index (χ0n) is 8.82. The molecule has 15 heavy (non-hydrogen) atoms. The minimum Gasteiger partial charge on any atom is -0.299 e. The Morgan fingerprint density at radius 3 is 3.07 bits per heavy atom. The Kier molecular flexibility index (Phi) is 2.69. The van der Waals surface area contributed by atoms with Crippen LogP contribution in [0, 0.1) is 0 Å². The van der Waals surface area contributed by atoms with E-state index in [0.717, 1.165) is 10.6 Å². The van der Waals surface area contributed by atoms with E-state index in [9.17, 15) is 9.59 Å². The van der Waals surface area contributed by atoms with Crippen molar-refractivity contribution in [1.82, 2.24) is 4.90 Å². The third kappa shape index (κ3) is 1.74. The number of hydrogen-bond acceptors (Lipinski definition) is 3. The van der Waals surface area contributed by atoms with Crippen molar-refractivity contribution in [2.45, 2.75) is 32.1 Å². The molecule has 0 aromatic carbocycles. The SMILES string of the molecule is CCC(=O)N1C2=CCC(=O)C=C2SC1C.